The second-order valence-electron chi connectivity index (χ2n) is 5.96. The van der Waals surface area contributed by atoms with Crippen LogP contribution in [0.25, 0.3) is 6.08 Å². The molecule has 0 bridgehead atoms. The molecular formula is C21H23ClFNO4. The van der Waals surface area contributed by atoms with Crippen LogP contribution in [0.5, 0.6) is 17.2 Å². The molecule has 1 amide bonds. The minimum absolute atomic E-state index is 0.166. The summed E-state index contributed by atoms with van der Waals surface area (Å²) in [4.78, 5) is 13.9. The summed E-state index contributed by atoms with van der Waals surface area (Å²) in [7, 11) is 4.56. The van der Waals surface area contributed by atoms with Crippen LogP contribution >= 0.6 is 11.6 Å². The van der Waals surface area contributed by atoms with Gasteiger partial charge in [0.25, 0.3) is 0 Å². The fourth-order valence-corrected chi connectivity index (χ4v) is 2.90. The third-order valence-electron chi connectivity index (χ3n) is 3.97. The molecule has 7 heteroatoms. The van der Waals surface area contributed by atoms with Crippen molar-refractivity contribution in [1.29, 1.82) is 0 Å². The highest BCUT2D eigenvalue weighted by atomic mass is 35.5. The molecule has 0 aliphatic heterocycles. The minimum atomic E-state index is -0.465. The molecule has 0 heterocycles. The maximum atomic E-state index is 13.8. The predicted molar refractivity (Wildman–Crippen MR) is 108 cm³/mol. The van der Waals surface area contributed by atoms with Crippen LogP contribution in [-0.4, -0.2) is 38.7 Å². The maximum Gasteiger partial charge on any atom is 0.246 e. The molecule has 2 aromatic rings. The lowest BCUT2D eigenvalue weighted by Crippen LogP contribution is -2.24. The van der Waals surface area contributed by atoms with E-state index >= 15 is 0 Å². The van der Waals surface area contributed by atoms with E-state index in [4.69, 9.17) is 25.8 Å². The predicted octanol–water partition coefficient (Wildman–Crippen LogP) is 4.57. The van der Waals surface area contributed by atoms with Crippen LogP contribution in [0.4, 0.5) is 4.39 Å². The highest BCUT2D eigenvalue weighted by Crippen LogP contribution is 2.36. The zero-order chi connectivity index (χ0) is 20.7. The summed E-state index contributed by atoms with van der Waals surface area (Å²) < 4.78 is 29.5. The Bertz CT molecular complexity index is 870. The normalized spacial score (nSPS) is 10.8. The van der Waals surface area contributed by atoms with Gasteiger partial charge in [-0.05, 0) is 48.4 Å². The molecule has 0 aromatic heterocycles. The first-order valence-corrected chi connectivity index (χ1v) is 9.03. The van der Waals surface area contributed by atoms with Crippen LogP contribution in [0.15, 0.2) is 36.4 Å². The van der Waals surface area contributed by atoms with E-state index < -0.39 is 5.82 Å². The first-order valence-electron chi connectivity index (χ1n) is 8.65. The molecule has 0 atom stereocenters. The molecule has 0 unspecified atom stereocenters. The molecule has 5 nitrogen and oxygen atoms in total. The Labute approximate surface area is 169 Å². The second kappa shape index (κ2) is 9.99. The minimum Gasteiger partial charge on any atom is -0.494 e. The number of benzene rings is 2. The molecule has 0 radical (unpaired) electrons. The van der Waals surface area contributed by atoms with Crippen LogP contribution in [-0.2, 0) is 11.3 Å². The number of halogens is 2. The Morgan fingerprint density at radius 3 is 2.54 bits per heavy atom. The van der Waals surface area contributed by atoms with Gasteiger partial charge in [0.15, 0.2) is 23.1 Å². The molecule has 0 fully saturated rings. The lowest BCUT2D eigenvalue weighted by molar-refractivity contribution is -0.125. The quantitative estimate of drug-likeness (QED) is 0.601. The molecule has 0 spiro atoms. The van der Waals surface area contributed by atoms with Gasteiger partial charge in [-0.15, -0.1) is 0 Å². The molecule has 0 aliphatic rings. The van der Waals surface area contributed by atoms with Crippen molar-refractivity contribution in [3.63, 3.8) is 0 Å². The Balaban J connectivity index is 2.11. The topological polar surface area (TPSA) is 48.0 Å². The van der Waals surface area contributed by atoms with Gasteiger partial charge in [0.2, 0.25) is 5.91 Å². The lowest BCUT2D eigenvalue weighted by Gasteiger charge is -2.16. The van der Waals surface area contributed by atoms with Gasteiger partial charge in [-0.2, -0.15) is 0 Å². The SMILES string of the molecule is CCOc1cc(/C=C/C(=O)N(C)Cc2ccc(OC)c(F)c2)cc(Cl)c1OC. The van der Waals surface area contributed by atoms with Crippen molar-refractivity contribution >= 4 is 23.6 Å². The summed E-state index contributed by atoms with van der Waals surface area (Å²) in [6, 6.07) is 8.03. The monoisotopic (exact) mass is 407 g/mol. The van der Waals surface area contributed by atoms with Crippen LogP contribution in [0.2, 0.25) is 5.02 Å². The molecular weight excluding hydrogens is 385 g/mol. The second-order valence-corrected chi connectivity index (χ2v) is 6.37. The Morgan fingerprint density at radius 1 is 1.18 bits per heavy atom. The van der Waals surface area contributed by atoms with E-state index in [-0.39, 0.29) is 18.2 Å². The van der Waals surface area contributed by atoms with Gasteiger partial charge in [-0.1, -0.05) is 17.7 Å². The summed E-state index contributed by atoms with van der Waals surface area (Å²) in [5.41, 5.74) is 1.36. The Hall–Kier alpha value is -2.73. The Morgan fingerprint density at radius 2 is 1.93 bits per heavy atom. The van der Waals surface area contributed by atoms with Crippen molar-refractivity contribution in [2.75, 3.05) is 27.9 Å². The number of carbonyl (C=O) groups excluding carboxylic acids is 1. The van der Waals surface area contributed by atoms with Crippen molar-refractivity contribution in [3.05, 3.63) is 58.4 Å². The number of carbonyl (C=O) groups is 1. The number of hydrogen-bond acceptors (Lipinski definition) is 4. The van der Waals surface area contributed by atoms with E-state index in [1.807, 2.05) is 6.92 Å². The van der Waals surface area contributed by atoms with Crippen molar-refractivity contribution in [1.82, 2.24) is 4.90 Å². The van der Waals surface area contributed by atoms with Gasteiger partial charge in [0.05, 0.1) is 25.8 Å². The zero-order valence-electron chi connectivity index (χ0n) is 16.3. The fraction of sp³-hybridized carbons (Fsp3) is 0.286. The summed E-state index contributed by atoms with van der Waals surface area (Å²) >= 11 is 6.22. The van der Waals surface area contributed by atoms with Crippen molar-refractivity contribution < 1.29 is 23.4 Å². The number of rotatable bonds is 8. The fourth-order valence-electron chi connectivity index (χ4n) is 2.60. The molecule has 2 rings (SSSR count). The van der Waals surface area contributed by atoms with E-state index in [1.54, 1.807) is 31.3 Å². The van der Waals surface area contributed by atoms with Gasteiger partial charge in [-0.3, -0.25) is 4.79 Å². The average molecular weight is 408 g/mol. The largest absolute Gasteiger partial charge is 0.494 e. The zero-order valence-corrected chi connectivity index (χ0v) is 17.0. The highest BCUT2D eigenvalue weighted by molar-refractivity contribution is 6.32. The molecule has 150 valence electrons. The third-order valence-corrected chi connectivity index (χ3v) is 4.25. The number of hydrogen-bond donors (Lipinski definition) is 0. The average Bonchev–Trinajstić information content (AvgIpc) is 2.66. The number of nitrogens with zero attached hydrogens (tertiary/aromatic N) is 1. The van der Waals surface area contributed by atoms with E-state index in [0.717, 1.165) is 0 Å². The lowest BCUT2D eigenvalue weighted by atomic mass is 10.1. The third kappa shape index (κ3) is 5.39. The molecule has 28 heavy (non-hydrogen) atoms. The molecule has 0 N–H and O–H groups in total. The summed E-state index contributed by atoms with van der Waals surface area (Å²) in [5, 5.41) is 0.391. The first-order chi connectivity index (χ1) is 13.4. The van der Waals surface area contributed by atoms with E-state index in [2.05, 4.69) is 0 Å². The van der Waals surface area contributed by atoms with E-state index in [9.17, 15) is 9.18 Å². The standard InChI is InChI=1S/C21H23ClFNO4/c1-5-28-19-12-14(10-16(22)21(19)27-4)7-9-20(25)24(2)13-15-6-8-18(26-3)17(23)11-15/h6-12H,5,13H2,1-4H3/b9-7+. The van der Waals surface area contributed by atoms with Gasteiger partial charge < -0.3 is 19.1 Å². The molecule has 0 aliphatic carbocycles. The van der Waals surface area contributed by atoms with Crippen molar-refractivity contribution in [2.45, 2.75) is 13.5 Å². The Kier molecular flexibility index (Phi) is 7.70. The van der Waals surface area contributed by atoms with Crippen LogP contribution in [0.3, 0.4) is 0 Å². The van der Waals surface area contributed by atoms with Gasteiger partial charge in [0.1, 0.15) is 0 Å². The van der Waals surface area contributed by atoms with Crippen LogP contribution < -0.4 is 14.2 Å². The van der Waals surface area contributed by atoms with Crippen LogP contribution in [0, 0.1) is 5.82 Å². The molecule has 0 saturated carbocycles. The van der Waals surface area contributed by atoms with Gasteiger partial charge in [-0.25, -0.2) is 4.39 Å². The number of ether oxygens (including phenoxy) is 3. The van der Waals surface area contributed by atoms with Crippen molar-refractivity contribution in [2.24, 2.45) is 0 Å². The molecule has 2 aromatic carbocycles. The van der Waals surface area contributed by atoms with E-state index in [0.29, 0.717) is 34.3 Å². The summed E-state index contributed by atoms with van der Waals surface area (Å²) in [5.74, 6) is 0.422. The summed E-state index contributed by atoms with van der Waals surface area (Å²) in [6.45, 7) is 2.58. The number of likely N-dealkylation sites (N-methyl/N-ethyl adjacent to an activating group) is 1. The smallest absolute Gasteiger partial charge is 0.246 e. The van der Waals surface area contributed by atoms with Crippen molar-refractivity contribution in [3.8, 4) is 17.2 Å². The van der Waals surface area contributed by atoms with Gasteiger partial charge >= 0.3 is 0 Å². The number of methoxy groups -OCH3 is 2. The van der Waals surface area contributed by atoms with Crippen LogP contribution in [0.1, 0.15) is 18.1 Å². The van der Waals surface area contributed by atoms with E-state index in [1.165, 1.54) is 37.3 Å². The number of amides is 1. The summed E-state index contributed by atoms with van der Waals surface area (Å²) in [6.07, 6.45) is 3.06. The van der Waals surface area contributed by atoms with Gasteiger partial charge in [0, 0.05) is 19.7 Å². The first kappa shape index (κ1) is 21.6. The molecule has 0 saturated heterocycles. The highest BCUT2D eigenvalue weighted by Gasteiger charge is 2.12. The maximum absolute atomic E-state index is 13.8.